The molecule has 0 aromatic carbocycles. The molecule has 0 aliphatic heterocycles. The fraction of sp³-hybridized carbons (Fsp3) is 0.846. The van der Waals surface area contributed by atoms with Gasteiger partial charge in [0.2, 0.25) is 0 Å². The number of rotatable bonds is 3. The molecule has 0 aliphatic rings. The molecule has 0 saturated heterocycles. The maximum Gasteiger partial charge on any atom is 0.410 e. The molecule has 1 unspecified atom stereocenters. The second-order valence-electron chi connectivity index (χ2n) is 6.06. The van der Waals surface area contributed by atoms with Crippen LogP contribution in [-0.4, -0.2) is 36.5 Å². The summed E-state index contributed by atoms with van der Waals surface area (Å²) < 4.78 is 5.42. The largest absolute Gasteiger partial charge is 0.435 e. The standard InChI is InChI=1S/C13H25NO3/c1-9(2)10(15)13(6,12(3,4)5)17-11(16)14(7)8/h9H,1-8H3. The average molecular weight is 243 g/mol. The summed E-state index contributed by atoms with van der Waals surface area (Å²) in [5.41, 5.74) is -1.55. The highest BCUT2D eigenvalue weighted by Gasteiger charge is 2.48. The molecule has 0 aromatic heterocycles. The predicted octanol–water partition coefficient (Wildman–Crippen LogP) is 2.71. The van der Waals surface area contributed by atoms with Gasteiger partial charge in [-0.1, -0.05) is 34.6 Å². The quantitative estimate of drug-likeness (QED) is 0.765. The Morgan fingerprint density at radius 1 is 1.06 bits per heavy atom. The normalized spacial score (nSPS) is 15.4. The van der Waals surface area contributed by atoms with Crippen molar-refractivity contribution in [3.63, 3.8) is 0 Å². The smallest absolute Gasteiger partial charge is 0.410 e. The highest BCUT2D eigenvalue weighted by Crippen LogP contribution is 2.36. The topological polar surface area (TPSA) is 46.6 Å². The van der Waals surface area contributed by atoms with Crippen LogP contribution in [-0.2, 0) is 9.53 Å². The molecule has 1 amide bonds. The van der Waals surface area contributed by atoms with Crippen LogP contribution in [0, 0.1) is 11.3 Å². The van der Waals surface area contributed by atoms with E-state index in [0.29, 0.717) is 0 Å². The van der Waals surface area contributed by atoms with Crippen molar-refractivity contribution in [1.29, 1.82) is 0 Å². The highest BCUT2D eigenvalue weighted by atomic mass is 16.6. The number of carbonyl (C=O) groups is 2. The van der Waals surface area contributed by atoms with Crippen molar-refractivity contribution in [2.24, 2.45) is 11.3 Å². The molecule has 1 atom stereocenters. The Morgan fingerprint density at radius 3 is 1.71 bits per heavy atom. The fourth-order valence-electron chi connectivity index (χ4n) is 1.39. The number of hydrogen-bond acceptors (Lipinski definition) is 3. The number of carbonyl (C=O) groups excluding carboxylic acids is 2. The minimum absolute atomic E-state index is 0.0554. The third-order valence-electron chi connectivity index (χ3n) is 3.08. The van der Waals surface area contributed by atoms with Crippen LogP contribution in [0.2, 0.25) is 0 Å². The molecule has 0 rings (SSSR count). The van der Waals surface area contributed by atoms with E-state index in [-0.39, 0.29) is 11.7 Å². The molecule has 0 spiro atoms. The first-order valence-corrected chi connectivity index (χ1v) is 5.88. The number of Topliss-reactive ketones (excluding diaryl/α,β-unsaturated/α-hetero) is 1. The van der Waals surface area contributed by atoms with Gasteiger partial charge in [0.1, 0.15) is 0 Å². The lowest BCUT2D eigenvalue weighted by molar-refractivity contribution is -0.151. The fourth-order valence-corrected chi connectivity index (χ4v) is 1.39. The SMILES string of the molecule is CC(C)C(=O)C(C)(OC(=O)N(C)C)C(C)(C)C. The number of nitrogens with zero attached hydrogens (tertiary/aromatic N) is 1. The Morgan fingerprint density at radius 2 is 1.47 bits per heavy atom. The summed E-state index contributed by atoms with van der Waals surface area (Å²) in [5.74, 6) is -0.227. The van der Waals surface area contributed by atoms with E-state index < -0.39 is 17.1 Å². The van der Waals surface area contributed by atoms with Crippen molar-refractivity contribution in [3.05, 3.63) is 0 Å². The van der Waals surface area contributed by atoms with Crippen LogP contribution in [0.4, 0.5) is 4.79 Å². The van der Waals surface area contributed by atoms with Crippen LogP contribution in [0.3, 0.4) is 0 Å². The van der Waals surface area contributed by atoms with E-state index in [0.717, 1.165) is 0 Å². The summed E-state index contributed by atoms with van der Waals surface area (Å²) in [6.07, 6.45) is -0.489. The van der Waals surface area contributed by atoms with E-state index in [2.05, 4.69) is 0 Å². The lowest BCUT2D eigenvalue weighted by Gasteiger charge is -2.41. The van der Waals surface area contributed by atoms with Crippen LogP contribution in [0.25, 0.3) is 0 Å². The Bertz CT molecular complexity index is 302. The number of ketones is 1. The van der Waals surface area contributed by atoms with Gasteiger partial charge >= 0.3 is 6.09 Å². The Hall–Kier alpha value is -1.06. The van der Waals surface area contributed by atoms with Gasteiger partial charge < -0.3 is 9.64 Å². The van der Waals surface area contributed by atoms with Crippen molar-refractivity contribution in [2.45, 2.75) is 47.1 Å². The van der Waals surface area contributed by atoms with Crippen molar-refractivity contribution in [3.8, 4) is 0 Å². The van der Waals surface area contributed by atoms with Gasteiger partial charge in [-0.15, -0.1) is 0 Å². The van der Waals surface area contributed by atoms with Crippen molar-refractivity contribution >= 4 is 11.9 Å². The molecule has 0 saturated carbocycles. The summed E-state index contributed by atoms with van der Waals surface area (Å²) in [4.78, 5) is 25.3. The molecule has 17 heavy (non-hydrogen) atoms. The van der Waals surface area contributed by atoms with Gasteiger partial charge in [0.15, 0.2) is 11.4 Å². The van der Waals surface area contributed by atoms with Crippen LogP contribution in [0.5, 0.6) is 0 Å². The lowest BCUT2D eigenvalue weighted by atomic mass is 9.72. The highest BCUT2D eigenvalue weighted by molar-refractivity contribution is 5.91. The van der Waals surface area contributed by atoms with Crippen LogP contribution in [0.1, 0.15) is 41.5 Å². The summed E-state index contributed by atoms with van der Waals surface area (Å²) in [7, 11) is 3.20. The molecule has 0 bridgehead atoms. The minimum atomic E-state index is -1.11. The average Bonchev–Trinajstić information content (AvgIpc) is 2.13. The van der Waals surface area contributed by atoms with Gasteiger partial charge in [0, 0.05) is 25.4 Å². The van der Waals surface area contributed by atoms with E-state index >= 15 is 0 Å². The maximum atomic E-state index is 12.3. The second kappa shape index (κ2) is 5.07. The first-order chi connectivity index (χ1) is 7.43. The van der Waals surface area contributed by atoms with Crippen molar-refractivity contribution in [1.82, 2.24) is 4.90 Å². The molecular formula is C13H25NO3. The van der Waals surface area contributed by atoms with Gasteiger partial charge in [-0.25, -0.2) is 4.79 Å². The summed E-state index contributed by atoms with van der Waals surface area (Å²) in [6, 6.07) is 0. The van der Waals surface area contributed by atoms with E-state index in [4.69, 9.17) is 4.74 Å². The van der Waals surface area contributed by atoms with Crippen LogP contribution < -0.4 is 0 Å². The summed E-state index contributed by atoms with van der Waals surface area (Å²) in [5, 5.41) is 0. The third-order valence-corrected chi connectivity index (χ3v) is 3.08. The molecular weight excluding hydrogens is 218 g/mol. The zero-order chi connectivity index (χ0) is 14.0. The minimum Gasteiger partial charge on any atom is -0.435 e. The molecule has 100 valence electrons. The van der Waals surface area contributed by atoms with Crippen LogP contribution >= 0.6 is 0 Å². The molecule has 0 aromatic rings. The molecule has 0 heterocycles. The van der Waals surface area contributed by atoms with Gasteiger partial charge in [-0.05, 0) is 6.92 Å². The monoisotopic (exact) mass is 243 g/mol. The zero-order valence-electron chi connectivity index (χ0n) is 12.2. The summed E-state index contributed by atoms with van der Waals surface area (Å²) in [6.45, 7) is 11.0. The van der Waals surface area contributed by atoms with Crippen molar-refractivity contribution < 1.29 is 14.3 Å². The van der Waals surface area contributed by atoms with E-state index in [1.807, 2.05) is 34.6 Å². The van der Waals surface area contributed by atoms with Gasteiger partial charge in [0.05, 0.1) is 0 Å². The molecule has 4 nitrogen and oxygen atoms in total. The predicted molar refractivity (Wildman–Crippen MR) is 67.9 cm³/mol. The molecule has 0 aliphatic carbocycles. The third kappa shape index (κ3) is 3.45. The Labute approximate surface area is 104 Å². The first-order valence-electron chi connectivity index (χ1n) is 5.88. The van der Waals surface area contributed by atoms with Gasteiger partial charge in [-0.3, -0.25) is 4.79 Å². The number of ether oxygens (including phenoxy) is 1. The summed E-state index contributed by atoms with van der Waals surface area (Å²) >= 11 is 0. The Kier molecular flexibility index (Phi) is 4.75. The number of hydrogen-bond donors (Lipinski definition) is 0. The maximum absolute atomic E-state index is 12.3. The Balaban J connectivity index is 5.28. The van der Waals surface area contributed by atoms with Crippen LogP contribution in [0.15, 0.2) is 0 Å². The molecule has 0 N–H and O–H groups in total. The van der Waals surface area contributed by atoms with E-state index in [9.17, 15) is 9.59 Å². The first kappa shape index (κ1) is 15.9. The molecule has 4 heteroatoms. The zero-order valence-corrected chi connectivity index (χ0v) is 12.2. The number of amides is 1. The van der Waals surface area contributed by atoms with E-state index in [1.165, 1.54) is 4.90 Å². The molecule has 0 radical (unpaired) electrons. The van der Waals surface area contributed by atoms with E-state index in [1.54, 1.807) is 21.0 Å². The van der Waals surface area contributed by atoms with Gasteiger partial charge in [0.25, 0.3) is 0 Å². The lowest BCUT2D eigenvalue weighted by Crippen LogP contribution is -2.53. The van der Waals surface area contributed by atoms with Crippen molar-refractivity contribution in [2.75, 3.05) is 14.1 Å². The molecule has 0 fully saturated rings. The van der Waals surface area contributed by atoms with Gasteiger partial charge in [-0.2, -0.15) is 0 Å². The second-order valence-corrected chi connectivity index (χ2v) is 6.06.